The van der Waals surface area contributed by atoms with Gasteiger partial charge in [0.2, 0.25) is 5.91 Å². The van der Waals surface area contributed by atoms with Gasteiger partial charge in [0.15, 0.2) is 0 Å². The molecule has 0 unspecified atom stereocenters. The lowest BCUT2D eigenvalue weighted by molar-refractivity contribution is -0.127. The highest BCUT2D eigenvalue weighted by atomic mass is 32.1. The third-order valence-corrected chi connectivity index (χ3v) is 3.72. The number of hydrogen-bond acceptors (Lipinski definition) is 3. The Morgan fingerprint density at radius 2 is 2.06 bits per heavy atom. The van der Waals surface area contributed by atoms with Gasteiger partial charge in [-0.05, 0) is 23.6 Å². The van der Waals surface area contributed by atoms with Gasteiger partial charge in [-0.2, -0.15) is 0 Å². The van der Waals surface area contributed by atoms with Crippen molar-refractivity contribution in [3.8, 4) is 0 Å². The van der Waals surface area contributed by atoms with Crippen molar-refractivity contribution in [2.45, 2.75) is 0 Å². The van der Waals surface area contributed by atoms with E-state index in [1.165, 1.54) is 0 Å². The summed E-state index contributed by atoms with van der Waals surface area (Å²) in [6.45, 7) is 0.0442. The van der Waals surface area contributed by atoms with Crippen molar-refractivity contribution in [3.63, 3.8) is 0 Å². The highest BCUT2D eigenvalue weighted by Crippen LogP contribution is 2.26. The molecule has 90 valence electrons. The number of rotatable bonds is 1. The van der Waals surface area contributed by atoms with E-state index >= 15 is 0 Å². The molecule has 1 saturated heterocycles. The maximum absolute atomic E-state index is 11.6. The van der Waals surface area contributed by atoms with Crippen LogP contribution in [0.1, 0.15) is 4.88 Å². The number of amides is 2. The highest BCUT2D eigenvalue weighted by Gasteiger charge is 2.19. The molecule has 2 N–H and O–H groups in total. The first-order chi connectivity index (χ1) is 8.72. The molecule has 5 heteroatoms. The van der Waals surface area contributed by atoms with Crippen molar-refractivity contribution in [1.82, 2.24) is 10.6 Å². The molecule has 1 aliphatic rings. The predicted octanol–water partition coefficient (Wildman–Crippen LogP) is 1.49. The molecule has 1 aromatic heterocycles. The van der Waals surface area contributed by atoms with Crippen LogP contribution in [0.4, 0.5) is 0 Å². The summed E-state index contributed by atoms with van der Waals surface area (Å²) in [7, 11) is 0. The van der Waals surface area contributed by atoms with Crippen molar-refractivity contribution >= 4 is 39.3 Å². The molecule has 0 spiro atoms. The zero-order valence-corrected chi connectivity index (χ0v) is 10.2. The van der Waals surface area contributed by atoms with Gasteiger partial charge in [0, 0.05) is 9.58 Å². The van der Waals surface area contributed by atoms with Crippen LogP contribution in [-0.2, 0) is 9.59 Å². The molecule has 0 saturated carbocycles. The maximum Gasteiger partial charge on any atom is 0.268 e. The molecular formula is C13H10N2O2S. The molecule has 0 aliphatic carbocycles. The van der Waals surface area contributed by atoms with Crippen LogP contribution in [0.3, 0.4) is 0 Å². The van der Waals surface area contributed by atoms with Gasteiger partial charge in [-0.15, -0.1) is 11.3 Å². The van der Waals surface area contributed by atoms with E-state index in [4.69, 9.17) is 0 Å². The fourth-order valence-electron chi connectivity index (χ4n) is 1.82. The molecule has 2 heterocycles. The molecule has 4 nitrogen and oxygen atoms in total. The maximum atomic E-state index is 11.6. The molecule has 2 amide bonds. The smallest absolute Gasteiger partial charge is 0.268 e. The molecule has 2 aromatic rings. The van der Waals surface area contributed by atoms with Crippen LogP contribution in [0.2, 0.25) is 0 Å². The Morgan fingerprint density at radius 1 is 1.22 bits per heavy atom. The summed E-state index contributed by atoms with van der Waals surface area (Å²) in [5, 5.41) is 6.23. The molecule has 18 heavy (non-hydrogen) atoms. The van der Waals surface area contributed by atoms with E-state index in [0.717, 1.165) is 15.0 Å². The Kier molecular flexibility index (Phi) is 2.60. The van der Waals surface area contributed by atoms with E-state index in [0.29, 0.717) is 5.70 Å². The molecule has 3 rings (SSSR count). The minimum atomic E-state index is -0.243. The number of carbonyl (C=O) groups is 2. The second-order valence-corrected chi connectivity index (χ2v) is 5.09. The van der Waals surface area contributed by atoms with Gasteiger partial charge in [-0.1, -0.05) is 18.2 Å². The minimum Gasteiger partial charge on any atom is -0.342 e. The normalized spacial score (nSPS) is 17.9. The lowest BCUT2D eigenvalue weighted by Gasteiger charge is -2.15. The van der Waals surface area contributed by atoms with Gasteiger partial charge < -0.3 is 10.6 Å². The molecule has 1 aromatic carbocycles. The van der Waals surface area contributed by atoms with E-state index in [2.05, 4.69) is 10.6 Å². The highest BCUT2D eigenvalue weighted by molar-refractivity contribution is 7.19. The summed E-state index contributed by atoms with van der Waals surface area (Å²) >= 11 is 1.59. The van der Waals surface area contributed by atoms with Crippen LogP contribution >= 0.6 is 11.3 Å². The first kappa shape index (κ1) is 11.0. The molecule has 1 fully saturated rings. The second-order valence-electron chi connectivity index (χ2n) is 3.98. The Morgan fingerprint density at radius 3 is 2.89 bits per heavy atom. The van der Waals surface area contributed by atoms with E-state index in [9.17, 15) is 9.59 Å². The average molecular weight is 258 g/mol. The largest absolute Gasteiger partial charge is 0.342 e. The number of fused-ring (bicyclic) bond motifs is 1. The van der Waals surface area contributed by atoms with Crippen molar-refractivity contribution in [3.05, 3.63) is 40.9 Å². The van der Waals surface area contributed by atoms with Crippen molar-refractivity contribution in [2.24, 2.45) is 0 Å². The second kappa shape index (κ2) is 4.27. The SMILES string of the molecule is O=C1CNC(=O)C(=Cc2cc3ccccc3s2)N1. The monoisotopic (exact) mass is 258 g/mol. The number of benzene rings is 1. The lowest BCUT2D eigenvalue weighted by Crippen LogP contribution is -2.46. The first-order valence-corrected chi connectivity index (χ1v) is 6.32. The minimum absolute atomic E-state index is 0.0442. The third-order valence-electron chi connectivity index (χ3n) is 2.66. The van der Waals surface area contributed by atoms with Crippen LogP contribution in [0.25, 0.3) is 16.2 Å². The number of hydrogen-bond donors (Lipinski definition) is 2. The van der Waals surface area contributed by atoms with E-state index in [1.807, 2.05) is 30.3 Å². The van der Waals surface area contributed by atoms with Crippen molar-refractivity contribution < 1.29 is 9.59 Å². The molecule has 0 bridgehead atoms. The molecule has 0 radical (unpaired) electrons. The number of carbonyl (C=O) groups excluding carboxylic acids is 2. The number of nitrogens with one attached hydrogen (secondary N) is 2. The van der Waals surface area contributed by atoms with Crippen molar-refractivity contribution in [2.75, 3.05) is 6.54 Å². The van der Waals surface area contributed by atoms with Crippen LogP contribution < -0.4 is 10.6 Å². The predicted molar refractivity (Wildman–Crippen MR) is 71.0 cm³/mol. The fourth-order valence-corrected chi connectivity index (χ4v) is 2.83. The van der Waals surface area contributed by atoms with Crippen LogP contribution in [-0.4, -0.2) is 18.4 Å². The van der Waals surface area contributed by atoms with Gasteiger partial charge in [0.05, 0.1) is 6.54 Å². The van der Waals surface area contributed by atoms with E-state index in [1.54, 1.807) is 17.4 Å². The Hall–Kier alpha value is -2.14. The average Bonchev–Trinajstić information content (AvgIpc) is 2.76. The summed E-state index contributed by atoms with van der Waals surface area (Å²) in [6.07, 6.45) is 1.71. The zero-order valence-electron chi connectivity index (χ0n) is 9.40. The molecular weight excluding hydrogens is 248 g/mol. The first-order valence-electron chi connectivity index (χ1n) is 5.51. The van der Waals surface area contributed by atoms with E-state index < -0.39 is 0 Å². The quantitative estimate of drug-likeness (QED) is 0.761. The fraction of sp³-hybridized carbons (Fsp3) is 0.0769. The Bertz CT molecular complexity index is 639. The summed E-state index contributed by atoms with van der Waals surface area (Å²) in [5.41, 5.74) is 0.304. The van der Waals surface area contributed by atoms with Crippen LogP contribution in [0.5, 0.6) is 0 Å². The molecule has 1 aliphatic heterocycles. The molecule has 0 atom stereocenters. The van der Waals surface area contributed by atoms with Gasteiger partial charge in [0.25, 0.3) is 5.91 Å². The number of piperazine rings is 1. The van der Waals surface area contributed by atoms with E-state index in [-0.39, 0.29) is 18.4 Å². The topological polar surface area (TPSA) is 58.2 Å². The van der Waals surface area contributed by atoms with Crippen LogP contribution in [0.15, 0.2) is 36.0 Å². The lowest BCUT2D eigenvalue weighted by atomic mass is 10.2. The van der Waals surface area contributed by atoms with Gasteiger partial charge in [0.1, 0.15) is 5.70 Å². The standard InChI is InChI=1S/C13H10N2O2S/c16-12-7-14-13(17)10(15-12)6-9-5-8-3-1-2-4-11(8)18-9/h1-6H,7H2,(H,14,17)(H,15,16). The van der Waals surface area contributed by atoms with Gasteiger partial charge in [-0.25, -0.2) is 0 Å². The summed E-state index contributed by atoms with van der Waals surface area (Å²) in [5.74, 6) is -0.436. The zero-order chi connectivity index (χ0) is 12.5. The van der Waals surface area contributed by atoms with Gasteiger partial charge in [-0.3, -0.25) is 9.59 Å². The summed E-state index contributed by atoms with van der Waals surface area (Å²) in [4.78, 5) is 23.7. The van der Waals surface area contributed by atoms with Gasteiger partial charge >= 0.3 is 0 Å². The van der Waals surface area contributed by atoms with Crippen molar-refractivity contribution in [1.29, 1.82) is 0 Å². The third kappa shape index (κ3) is 2.00. The summed E-state index contributed by atoms with van der Waals surface area (Å²) in [6, 6.07) is 10.0. The Labute approximate surface area is 107 Å². The number of thiophene rings is 1. The summed E-state index contributed by atoms with van der Waals surface area (Å²) < 4.78 is 1.16. The Balaban J connectivity index is 1.99. The van der Waals surface area contributed by atoms with Crippen LogP contribution in [0, 0.1) is 0 Å².